The molecule has 1 aromatic heterocycles. The van der Waals surface area contributed by atoms with Gasteiger partial charge in [0.05, 0.1) is 0 Å². The molecule has 0 spiro atoms. The first kappa shape index (κ1) is 12.6. The Morgan fingerprint density at radius 1 is 1.39 bits per heavy atom. The fourth-order valence-electron chi connectivity index (χ4n) is 2.02. The number of carbonyl (C=O) groups excluding carboxylic acids is 2. The highest BCUT2D eigenvalue weighted by molar-refractivity contribution is 5.93. The van der Waals surface area contributed by atoms with E-state index in [4.69, 9.17) is 4.52 Å². The molecule has 98 valence electrons. The first-order chi connectivity index (χ1) is 8.63. The number of nitrogens with zero attached hydrogens (tertiary/aromatic N) is 3. The second-order valence-electron chi connectivity index (χ2n) is 4.37. The van der Waals surface area contributed by atoms with Crippen LogP contribution in [0.1, 0.15) is 42.4 Å². The van der Waals surface area contributed by atoms with Gasteiger partial charge in [-0.25, -0.2) is 5.01 Å². The molecule has 0 radical (unpaired) electrons. The Morgan fingerprint density at radius 3 is 2.72 bits per heavy atom. The van der Waals surface area contributed by atoms with Crippen LogP contribution in [0.2, 0.25) is 0 Å². The standard InChI is InChI=1S/C12H17N3O3/c1-3-5-11(16)14-6-4-7-15(14)12(17)10-8-9(2)18-13-10/h8H,3-7H2,1-2H3. The molecule has 6 heteroatoms. The minimum Gasteiger partial charge on any atom is -0.361 e. The van der Waals surface area contributed by atoms with Gasteiger partial charge in [0.1, 0.15) is 5.76 Å². The number of rotatable bonds is 3. The summed E-state index contributed by atoms with van der Waals surface area (Å²) in [5.41, 5.74) is 0.253. The van der Waals surface area contributed by atoms with Crippen molar-refractivity contribution < 1.29 is 14.1 Å². The van der Waals surface area contributed by atoms with Gasteiger partial charge in [-0.2, -0.15) is 0 Å². The summed E-state index contributed by atoms with van der Waals surface area (Å²) in [6.45, 7) is 4.83. The summed E-state index contributed by atoms with van der Waals surface area (Å²) < 4.78 is 4.89. The number of hydrogen-bond acceptors (Lipinski definition) is 4. The zero-order chi connectivity index (χ0) is 13.1. The fourth-order valence-corrected chi connectivity index (χ4v) is 2.02. The largest absolute Gasteiger partial charge is 0.361 e. The van der Waals surface area contributed by atoms with Crippen LogP contribution < -0.4 is 0 Å². The molecule has 0 atom stereocenters. The van der Waals surface area contributed by atoms with E-state index in [0.717, 1.165) is 12.8 Å². The minimum absolute atomic E-state index is 0.0106. The average molecular weight is 251 g/mol. The van der Waals surface area contributed by atoms with Gasteiger partial charge in [-0.3, -0.25) is 14.6 Å². The third-order valence-corrected chi connectivity index (χ3v) is 2.86. The Kier molecular flexibility index (Phi) is 3.64. The molecular weight excluding hydrogens is 234 g/mol. The topological polar surface area (TPSA) is 66.7 Å². The summed E-state index contributed by atoms with van der Waals surface area (Å²) in [7, 11) is 0. The second kappa shape index (κ2) is 5.20. The summed E-state index contributed by atoms with van der Waals surface area (Å²) in [6.07, 6.45) is 2.04. The van der Waals surface area contributed by atoms with E-state index in [1.54, 1.807) is 13.0 Å². The van der Waals surface area contributed by atoms with Crippen molar-refractivity contribution in [2.45, 2.75) is 33.1 Å². The Balaban J connectivity index is 2.11. The predicted octanol–water partition coefficient (Wildman–Crippen LogP) is 1.37. The lowest BCUT2D eigenvalue weighted by atomic mass is 10.3. The van der Waals surface area contributed by atoms with E-state index in [2.05, 4.69) is 5.16 Å². The number of hydrazine groups is 1. The first-order valence-electron chi connectivity index (χ1n) is 6.19. The smallest absolute Gasteiger partial charge is 0.294 e. The highest BCUT2D eigenvalue weighted by Crippen LogP contribution is 2.16. The van der Waals surface area contributed by atoms with Crippen molar-refractivity contribution in [2.24, 2.45) is 0 Å². The molecule has 0 unspecified atom stereocenters. The van der Waals surface area contributed by atoms with Gasteiger partial charge in [-0.1, -0.05) is 12.1 Å². The van der Waals surface area contributed by atoms with Crippen molar-refractivity contribution in [1.29, 1.82) is 0 Å². The lowest BCUT2D eigenvalue weighted by Crippen LogP contribution is -2.44. The number of amides is 2. The molecule has 0 aromatic carbocycles. The van der Waals surface area contributed by atoms with Gasteiger partial charge in [0, 0.05) is 25.6 Å². The molecule has 2 heterocycles. The Bertz CT molecular complexity index is 455. The lowest BCUT2D eigenvalue weighted by molar-refractivity contribution is -0.140. The van der Waals surface area contributed by atoms with Gasteiger partial charge in [-0.05, 0) is 19.8 Å². The number of aryl methyl sites for hydroxylation is 1. The van der Waals surface area contributed by atoms with Gasteiger partial charge in [-0.15, -0.1) is 0 Å². The molecule has 1 aromatic rings. The maximum atomic E-state index is 12.2. The van der Waals surface area contributed by atoms with Gasteiger partial charge >= 0.3 is 0 Å². The van der Waals surface area contributed by atoms with E-state index in [1.165, 1.54) is 10.0 Å². The molecule has 2 rings (SSSR count). The van der Waals surface area contributed by atoms with Crippen LogP contribution in [0.3, 0.4) is 0 Å². The summed E-state index contributed by atoms with van der Waals surface area (Å²) in [5.74, 6) is 0.307. The predicted molar refractivity (Wildman–Crippen MR) is 63.5 cm³/mol. The maximum absolute atomic E-state index is 12.2. The summed E-state index contributed by atoms with van der Waals surface area (Å²) in [4.78, 5) is 24.1. The second-order valence-corrected chi connectivity index (χ2v) is 4.37. The van der Waals surface area contributed by atoms with Crippen LogP contribution in [0, 0.1) is 6.92 Å². The number of aromatic nitrogens is 1. The van der Waals surface area contributed by atoms with E-state index in [9.17, 15) is 9.59 Å². The third-order valence-electron chi connectivity index (χ3n) is 2.86. The fraction of sp³-hybridized carbons (Fsp3) is 0.583. The molecule has 2 amide bonds. The van der Waals surface area contributed by atoms with Crippen LogP contribution in [0.5, 0.6) is 0 Å². The van der Waals surface area contributed by atoms with E-state index in [-0.39, 0.29) is 17.5 Å². The molecular formula is C12H17N3O3. The molecule has 1 saturated heterocycles. The average Bonchev–Trinajstić information content (AvgIpc) is 2.96. The van der Waals surface area contributed by atoms with E-state index >= 15 is 0 Å². The Morgan fingerprint density at radius 2 is 2.11 bits per heavy atom. The maximum Gasteiger partial charge on any atom is 0.294 e. The highest BCUT2D eigenvalue weighted by Gasteiger charge is 2.32. The molecule has 1 aliphatic heterocycles. The van der Waals surface area contributed by atoms with Gasteiger partial charge in [0.25, 0.3) is 5.91 Å². The van der Waals surface area contributed by atoms with Crippen LogP contribution in [-0.2, 0) is 4.79 Å². The minimum atomic E-state index is -0.270. The number of carbonyl (C=O) groups is 2. The quantitative estimate of drug-likeness (QED) is 0.813. The van der Waals surface area contributed by atoms with Crippen molar-refractivity contribution in [3.63, 3.8) is 0 Å². The van der Waals surface area contributed by atoms with Crippen LogP contribution in [0.25, 0.3) is 0 Å². The summed E-state index contributed by atoms with van der Waals surface area (Å²) in [5, 5.41) is 6.69. The van der Waals surface area contributed by atoms with Crippen molar-refractivity contribution in [2.75, 3.05) is 13.1 Å². The normalized spacial score (nSPS) is 15.2. The van der Waals surface area contributed by atoms with Crippen LogP contribution >= 0.6 is 0 Å². The lowest BCUT2D eigenvalue weighted by Gasteiger charge is -2.26. The molecule has 1 aliphatic rings. The van der Waals surface area contributed by atoms with Crippen LogP contribution in [-0.4, -0.2) is 40.1 Å². The SMILES string of the molecule is CCCC(=O)N1CCCN1C(=O)c1cc(C)on1. The van der Waals surface area contributed by atoms with E-state index in [0.29, 0.717) is 25.3 Å². The molecule has 1 fully saturated rings. The Hall–Kier alpha value is -1.85. The zero-order valence-corrected chi connectivity index (χ0v) is 10.7. The molecule has 0 N–H and O–H groups in total. The van der Waals surface area contributed by atoms with Crippen molar-refractivity contribution in [3.8, 4) is 0 Å². The van der Waals surface area contributed by atoms with Crippen molar-refractivity contribution in [3.05, 3.63) is 17.5 Å². The third kappa shape index (κ3) is 2.37. The molecule has 6 nitrogen and oxygen atoms in total. The van der Waals surface area contributed by atoms with E-state index in [1.807, 2.05) is 6.92 Å². The molecule has 0 saturated carbocycles. The number of hydrogen-bond donors (Lipinski definition) is 0. The van der Waals surface area contributed by atoms with Gasteiger partial charge in [0.15, 0.2) is 5.69 Å². The van der Waals surface area contributed by atoms with Crippen molar-refractivity contribution in [1.82, 2.24) is 15.2 Å². The summed E-state index contributed by atoms with van der Waals surface area (Å²) in [6, 6.07) is 1.59. The van der Waals surface area contributed by atoms with Crippen LogP contribution in [0.4, 0.5) is 0 Å². The highest BCUT2D eigenvalue weighted by atomic mass is 16.5. The van der Waals surface area contributed by atoms with Crippen molar-refractivity contribution >= 4 is 11.8 Å². The summed E-state index contributed by atoms with van der Waals surface area (Å²) >= 11 is 0. The van der Waals surface area contributed by atoms with E-state index < -0.39 is 0 Å². The molecule has 0 bridgehead atoms. The Labute approximate surface area is 105 Å². The zero-order valence-electron chi connectivity index (χ0n) is 10.7. The first-order valence-corrected chi connectivity index (χ1v) is 6.19. The van der Waals surface area contributed by atoms with Crippen LogP contribution in [0.15, 0.2) is 10.6 Å². The van der Waals surface area contributed by atoms with Gasteiger partial charge in [0.2, 0.25) is 5.91 Å². The molecule has 18 heavy (non-hydrogen) atoms. The monoisotopic (exact) mass is 251 g/mol. The molecule has 0 aliphatic carbocycles. The van der Waals surface area contributed by atoms with Gasteiger partial charge < -0.3 is 4.52 Å².